The second-order valence-corrected chi connectivity index (χ2v) is 4.56. The number of aryl methyl sites for hydroxylation is 1. The van der Waals surface area contributed by atoms with E-state index in [1.807, 2.05) is 12.1 Å². The van der Waals surface area contributed by atoms with Crippen molar-refractivity contribution in [3.63, 3.8) is 0 Å². The molecule has 0 fully saturated rings. The number of hydrogen-bond acceptors (Lipinski definition) is 5. The number of carboxylic acid groups (broad SMARTS) is 1. The molecule has 3 rings (SSSR count). The second kappa shape index (κ2) is 5.16. The minimum Gasteiger partial charge on any atom is -0.478 e. The van der Waals surface area contributed by atoms with Gasteiger partial charge < -0.3 is 10.4 Å². The largest absolute Gasteiger partial charge is 0.478 e. The summed E-state index contributed by atoms with van der Waals surface area (Å²) in [5.41, 5.74) is 2.88. The Morgan fingerprint density at radius 1 is 1.14 bits per heavy atom. The van der Waals surface area contributed by atoms with Gasteiger partial charge in [-0.15, -0.1) is 0 Å². The van der Waals surface area contributed by atoms with Gasteiger partial charge in [0.15, 0.2) is 5.65 Å². The summed E-state index contributed by atoms with van der Waals surface area (Å²) in [5, 5.41) is 12.2. The van der Waals surface area contributed by atoms with Gasteiger partial charge in [0.05, 0.1) is 5.56 Å². The van der Waals surface area contributed by atoms with E-state index in [0.29, 0.717) is 28.2 Å². The molecular weight excluding hydrogens is 268 g/mol. The van der Waals surface area contributed by atoms with Gasteiger partial charge in [0.1, 0.15) is 11.3 Å². The zero-order valence-electron chi connectivity index (χ0n) is 11.2. The van der Waals surface area contributed by atoms with Crippen LogP contribution < -0.4 is 5.32 Å². The zero-order chi connectivity index (χ0) is 14.8. The highest BCUT2D eigenvalue weighted by atomic mass is 16.4. The van der Waals surface area contributed by atoms with E-state index in [1.54, 1.807) is 37.5 Å². The lowest BCUT2D eigenvalue weighted by Crippen LogP contribution is -2.02. The minimum atomic E-state index is -0.950. The van der Waals surface area contributed by atoms with Gasteiger partial charge in [-0.1, -0.05) is 6.07 Å². The number of benzene rings is 1. The summed E-state index contributed by atoms with van der Waals surface area (Å²) in [6.07, 6.45) is 3.18. The van der Waals surface area contributed by atoms with Crippen LogP contribution in [0.4, 0.5) is 11.5 Å². The Morgan fingerprint density at radius 2 is 1.95 bits per heavy atom. The molecule has 6 heteroatoms. The summed E-state index contributed by atoms with van der Waals surface area (Å²) < 4.78 is 0. The van der Waals surface area contributed by atoms with Crippen LogP contribution in [0.1, 0.15) is 15.9 Å². The molecule has 2 heterocycles. The summed E-state index contributed by atoms with van der Waals surface area (Å²) in [5.74, 6) is -0.364. The molecule has 0 unspecified atom stereocenters. The molecule has 104 valence electrons. The topological polar surface area (TPSA) is 88.0 Å². The van der Waals surface area contributed by atoms with Crippen LogP contribution in [0, 0.1) is 6.92 Å². The first kappa shape index (κ1) is 13.0. The Labute approximate surface area is 120 Å². The Bertz CT molecular complexity index is 833. The van der Waals surface area contributed by atoms with E-state index in [9.17, 15) is 4.79 Å². The Hall–Kier alpha value is -3.02. The number of anilines is 2. The molecule has 3 aromatic rings. The van der Waals surface area contributed by atoms with Crippen LogP contribution in [0.15, 0.2) is 42.7 Å². The first-order valence-corrected chi connectivity index (χ1v) is 6.32. The van der Waals surface area contributed by atoms with Crippen molar-refractivity contribution in [1.82, 2.24) is 15.0 Å². The molecule has 1 aromatic carbocycles. The number of nitrogens with zero attached hydrogens (tertiary/aromatic N) is 3. The van der Waals surface area contributed by atoms with Gasteiger partial charge in [0.25, 0.3) is 0 Å². The van der Waals surface area contributed by atoms with E-state index >= 15 is 0 Å². The number of hydrogen-bond donors (Lipinski definition) is 2. The molecule has 21 heavy (non-hydrogen) atoms. The van der Waals surface area contributed by atoms with Crippen LogP contribution >= 0.6 is 0 Å². The van der Waals surface area contributed by atoms with Gasteiger partial charge in [0.2, 0.25) is 0 Å². The van der Waals surface area contributed by atoms with E-state index in [1.165, 1.54) is 0 Å². The molecule has 0 aliphatic rings. The predicted octanol–water partition coefficient (Wildman–Crippen LogP) is 2.78. The van der Waals surface area contributed by atoms with E-state index in [4.69, 9.17) is 5.11 Å². The quantitative estimate of drug-likeness (QED) is 0.767. The average Bonchev–Trinajstić information content (AvgIpc) is 2.49. The number of fused-ring (bicyclic) bond motifs is 1. The minimum absolute atomic E-state index is 0.264. The van der Waals surface area contributed by atoms with Gasteiger partial charge in [-0.25, -0.2) is 14.8 Å². The van der Waals surface area contributed by atoms with Gasteiger partial charge in [0, 0.05) is 18.1 Å². The normalized spacial score (nSPS) is 10.5. The molecule has 0 amide bonds. The number of nitrogens with one attached hydrogen (secondary N) is 1. The third kappa shape index (κ3) is 2.64. The number of carboxylic acids is 1. The maximum atomic E-state index is 11.1. The summed E-state index contributed by atoms with van der Waals surface area (Å²) in [7, 11) is 0. The Morgan fingerprint density at radius 3 is 2.76 bits per heavy atom. The number of rotatable bonds is 3. The lowest BCUT2D eigenvalue weighted by atomic mass is 10.1. The Balaban J connectivity index is 1.94. The first-order chi connectivity index (χ1) is 10.1. The monoisotopic (exact) mass is 280 g/mol. The zero-order valence-corrected chi connectivity index (χ0v) is 11.2. The first-order valence-electron chi connectivity index (χ1n) is 6.32. The molecule has 0 bridgehead atoms. The van der Waals surface area contributed by atoms with Gasteiger partial charge in [-0.3, -0.25) is 4.98 Å². The highest BCUT2D eigenvalue weighted by molar-refractivity contribution is 5.90. The highest BCUT2D eigenvalue weighted by Gasteiger charge is 2.08. The molecular formula is C15H12N4O2. The lowest BCUT2D eigenvalue weighted by Gasteiger charge is -2.08. The van der Waals surface area contributed by atoms with Crippen LogP contribution in [0.5, 0.6) is 0 Å². The van der Waals surface area contributed by atoms with E-state index in [0.717, 1.165) is 0 Å². The molecule has 6 nitrogen and oxygen atoms in total. The van der Waals surface area contributed by atoms with Crippen molar-refractivity contribution in [2.45, 2.75) is 6.92 Å². The molecule has 0 atom stereocenters. The molecule has 0 saturated carbocycles. The summed E-state index contributed by atoms with van der Waals surface area (Å²) in [6, 6.07) is 8.73. The maximum absolute atomic E-state index is 11.1. The SMILES string of the molecule is Cc1ccc(Nc2ccc3nccnc3n2)cc1C(=O)O. The van der Waals surface area contributed by atoms with Crippen molar-refractivity contribution in [2.75, 3.05) is 5.32 Å². The fraction of sp³-hybridized carbons (Fsp3) is 0.0667. The maximum Gasteiger partial charge on any atom is 0.336 e. The highest BCUT2D eigenvalue weighted by Crippen LogP contribution is 2.20. The Kier molecular flexibility index (Phi) is 3.19. The molecule has 0 aliphatic heterocycles. The van der Waals surface area contributed by atoms with Crippen molar-refractivity contribution in [1.29, 1.82) is 0 Å². The molecule has 2 N–H and O–H groups in total. The number of pyridine rings is 1. The molecule has 0 aliphatic carbocycles. The fourth-order valence-electron chi connectivity index (χ4n) is 2.00. The van der Waals surface area contributed by atoms with Crippen LogP contribution in [0.3, 0.4) is 0 Å². The molecule has 2 aromatic heterocycles. The number of aromatic carboxylic acids is 1. The van der Waals surface area contributed by atoms with Crippen molar-refractivity contribution in [3.8, 4) is 0 Å². The van der Waals surface area contributed by atoms with E-state index < -0.39 is 5.97 Å². The van der Waals surface area contributed by atoms with Gasteiger partial charge in [-0.2, -0.15) is 0 Å². The number of carbonyl (C=O) groups is 1. The van der Waals surface area contributed by atoms with Crippen LogP contribution in [-0.4, -0.2) is 26.0 Å². The molecule has 0 spiro atoms. The molecule has 0 saturated heterocycles. The van der Waals surface area contributed by atoms with Crippen LogP contribution in [-0.2, 0) is 0 Å². The molecule has 0 radical (unpaired) electrons. The standard InChI is InChI=1S/C15H12N4O2/c1-9-2-3-10(8-11(9)15(20)21)18-13-5-4-12-14(19-13)17-7-6-16-12/h2-8H,1H3,(H,20,21)(H,17,18,19). The van der Waals surface area contributed by atoms with Crippen LogP contribution in [0.2, 0.25) is 0 Å². The van der Waals surface area contributed by atoms with Crippen molar-refractivity contribution >= 4 is 28.6 Å². The van der Waals surface area contributed by atoms with E-state index in [-0.39, 0.29) is 5.56 Å². The number of aromatic nitrogens is 3. The van der Waals surface area contributed by atoms with Crippen molar-refractivity contribution in [2.24, 2.45) is 0 Å². The third-order valence-electron chi connectivity index (χ3n) is 3.07. The lowest BCUT2D eigenvalue weighted by molar-refractivity contribution is 0.0696. The van der Waals surface area contributed by atoms with E-state index in [2.05, 4.69) is 20.3 Å². The fourth-order valence-corrected chi connectivity index (χ4v) is 2.00. The van der Waals surface area contributed by atoms with Crippen molar-refractivity contribution < 1.29 is 9.90 Å². The average molecular weight is 280 g/mol. The third-order valence-corrected chi connectivity index (χ3v) is 3.07. The summed E-state index contributed by atoms with van der Waals surface area (Å²) in [6.45, 7) is 1.76. The summed E-state index contributed by atoms with van der Waals surface area (Å²) >= 11 is 0. The second-order valence-electron chi connectivity index (χ2n) is 4.56. The van der Waals surface area contributed by atoms with Gasteiger partial charge in [-0.05, 0) is 36.8 Å². The van der Waals surface area contributed by atoms with Crippen LogP contribution in [0.25, 0.3) is 11.2 Å². The summed E-state index contributed by atoms with van der Waals surface area (Å²) in [4.78, 5) is 23.8. The predicted molar refractivity (Wildman–Crippen MR) is 78.8 cm³/mol. The van der Waals surface area contributed by atoms with Crippen molar-refractivity contribution in [3.05, 3.63) is 53.9 Å². The van der Waals surface area contributed by atoms with Gasteiger partial charge >= 0.3 is 5.97 Å². The smallest absolute Gasteiger partial charge is 0.336 e.